The van der Waals surface area contributed by atoms with Gasteiger partial charge in [-0.1, -0.05) is 0 Å². The molecular formula is C10H30Ge2O3Si2. The molecule has 0 saturated carbocycles. The van der Waals surface area contributed by atoms with Gasteiger partial charge in [0.05, 0.1) is 0 Å². The van der Waals surface area contributed by atoms with Crippen molar-refractivity contribution in [2.75, 3.05) is 0 Å². The van der Waals surface area contributed by atoms with Gasteiger partial charge in [0.15, 0.2) is 0 Å². The topological polar surface area (TPSA) is 27.7 Å². The first-order chi connectivity index (χ1) is 7.12. The molecule has 0 atom stereocenters. The van der Waals surface area contributed by atoms with E-state index in [2.05, 4.69) is 60.7 Å². The van der Waals surface area contributed by atoms with Crippen molar-refractivity contribution in [2.45, 2.75) is 60.7 Å². The van der Waals surface area contributed by atoms with Crippen molar-refractivity contribution in [2.24, 2.45) is 0 Å². The fraction of sp³-hybridized carbons (Fsp3) is 1.00. The fourth-order valence-electron chi connectivity index (χ4n) is 2.11. The fourth-order valence-corrected chi connectivity index (χ4v) is 30.3. The van der Waals surface area contributed by atoms with Crippen molar-refractivity contribution in [1.29, 1.82) is 0 Å². The van der Waals surface area contributed by atoms with Gasteiger partial charge in [-0.15, -0.1) is 0 Å². The van der Waals surface area contributed by atoms with Crippen LogP contribution in [0.25, 0.3) is 0 Å². The second-order valence-corrected chi connectivity index (χ2v) is 34.5. The molecule has 0 rings (SSSR count). The van der Waals surface area contributed by atoms with E-state index >= 15 is 0 Å². The van der Waals surface area contributed by atoms with Crippen LogP contribution in [-0.4, -0.2) is 44.3 Å². The van der Waals surface area contributed by atoms with Crippen LogP contribution in [0.1, 0.15) is 0 Å². The van der Waals surface area contributed by atoms with Crippen molar-refractivity contribution in [3.05, 3.63) is 0 Å². The van der Waals surface area contributed by atoms with Crippen LogP contribution >= 0.6 is 0 Å². The van der Waals surface area contributed by atoms with E-state index in [1.54, 1.807) is 0 Å². The molecule has 0 aliphatic heterocycles. The maximum atomic E-state index is 6.30. The molecule has 0 aliphatic carbocycles. The van der Waals surface area contributed by atoms with Gasteiger partial charge in [-0.05, 0) is 0 Å². The van der Waals surface area contributed by atoms with E-state index in [0.717, 1.165) is 0 Å². The van der Waals surface area contributed by atoms with Crippen molar-refractivity contribution < 1.29 is 11.0 Å². The van der Waals surface area contributed by atoms with E-state index in [4.69, 9.17) is 11.0 Å². The van der Waals surface area contributed by atoms with Crippen LogP contribution in [0.5, 0.6) is 0 Å². The first-order valence-corrected chi connectivity index (χ1v) is 26.2. The van der Waals surface area contributed by atoms with Crippen LogP contribution in [0.15, 0.2) is 0 Å². The molecule has 0 heterocycles. The average Bonchev–Trinajstić information content (AvgIpc) is 1.65. The first-order valence-electron chi connectivity index (χ1n) is 6.22. The molecule has 0 unspecified atom stereocenters. The van der Waals surface area contributed by atoms with E-state index in [0.29, 0.717) is 0 Å². The molecule has 0 radical (unpaired) electrons. The molecule has 0 aromatic heterocycles. The van der Waals surface area contributed by atoms with Crippen LogP contribution < -0.4 is 0 Å². The summed E-state index contributed by atoms with van der Waals surface area (Å²) in [5.74, 6) is 13.6. The Morgan fingerprint density at radius 1 is 0.588 bits per heavy atom. The van der Waals surface area contributed by atoms with E-state index in [9.17, 15) is 0 Å². The zero-order chi connectivity index (χ0) is 14.1. The predicted octanol–water partition coefficient (Wildman–Crippen LogP) is 4.11. The van der Waals surface area contributed by atoms with Gasteiger partial charge in [0.2, 0.25) is 0 Å². The van der Waals surface area contributed by atoms with Crippen molar-refractivity contribution in [3.63, 3.8) is 0 Å². The van der Waals surface area contributed by atoms with Gasteiger partial charge in [-0.3, -0.25) is 0 Å². The van der Waals surface area contributed by atoms with Gasteiger partial charge < -0.3 is 0 Å². The van der Waals surface area contributed by atoms with Crippen LogP contribution in [-0.2, 0) is 11.0 Å². The summed E-state index contributed by atoms with van der Waals surface area (Å²) in [5, 5.41) is 0. The zero-order valence-corrected chi connectivity index (χ0v) is 19.4. The summed E-state index contributed by atoms with van der Waals surface area (Å²) in [6.45, 7) is 8.60. The monoisotopic (exact) mass is 402 g/mol. The van der Waals surface area contributed by atoms with E-state index in [1.807, 2.05) is 0 Å². The molecular weight excluding hydrogens is 369 g/mol. The van der Waals surface area contributed by atoms with Gasteiger partial charge in [-0.2, -0.15) is 0 Å². The van der Waals surface area contributed by atoms with Crippen LogP contribution in [0.3, 0.4) is 0 Å². The van der Waals surface area contributed by atoms with Crippen LogP contribution in [0, 0.1) is 0 Å². The molecule has 0 amide bonds. The molecule has 0 bridgehead atoms. The Bertz CT molecular complexity index is 231. The standard InChI is InChI=1S/C10H30Ge2O3Si2/c1-11(2,3)13-16(7,8)15-17(9,10)14-12(4,5)6/h1-10H3. The van der Waals surface area contributed by atoms with Gasteiger partial charge in [-0.25, -0.2) is 0 Å². The second kappa shape index (κ2) is 5.80. The summed E-state index contributed by atoms with van der Waals surface area (Å²) in [4.78, 5) is 0. The van der Waals surface area contributed by atoms with Crippen molar-refractivity contribution >= 4 is 44.3 Å². The number of hydrogen-bond donors (Lipinski definition) is 0. The molecule has 7 heteroatoms. The Hall–Kier alpha value is 1.40. The van der Waals surface area contributed by atoms with Gasteiger partial charge in [0, 0.05) is 0 Å². The minimum absolute atomic E-state index is 2.02. The molecule has 0 fully saturated rings. The predicted molar refractivity (Wildman–Crippen MR) is 84.9 cm³/mol. The summed E-state index contributed by atoms with van der Waals surface area (Å²) in [6, 6.07) is 0. The summed E-state index contributed by atoms with van der Waals surface area (Å²) < 4.78 is 18.8. The van der Waals surface area contributed by atoms with Crippen molar-refractivity contribution in [3.8, 4) is 0 Å². The molecule has 0 aromatic carbocycles. The zero-order valence-electron chi connectivity index (χ0n) is 13.2. The van der Waals surface area contributed by atoms with Crippen LogP contribution in [0.4, 0.5) is 0 Å². The number of rotatable bonds is 6. The Balaban J connectivity index is 4.59. The summed E-state index contributed by atoms with van der Waals surface area (Å²) in [7, 11) is -4.05. The van der Waals surface area contributed by atoms with E-state index in [1.165, 1.54) is 0 Å². The Kier molecular flexibility index (Phi) is 6.28. The summed E-state index contributed by atoms with van der Waals surface area (Å²) in [5.41, 5.74) is 0. The van der Waals surface area contributed by atoms with Gasteiger partial charge >= 0.3 is 116 Å². The average molecular weight is 400 g/mol. The van der Waals surface area contributed by atoms with Gasteiger partial charge in [0.1, 0.15) is 0 Å². The third-order valence-electron chi connectivity index (χ3n) is 1.60. The molecule has 0 spiro atoms. The normalized spacial score (nSPS) is 15.2. The van der Waals surface area contributed by atoms with E-state index in [-0.39, 0.29) is 0 Å². The molecule has 0 aliphatic rings. The van der Waals surface area contributed by atoms with Crippen molar-refractivity contribution in [1.82, 2.24) is 0 Å². The second-order valence-electron chi connectivity index (χ2n) is 7.33. The Morgan fingerprint density at radius 2 is 0.824 bits per heavy atom. The quantitative estimate of drug-likeness (QED) is 0.629. The molecule has 104 valence electrons. The molecule has 17 heavy (non-hydrogen) atoms. The SMILES string of the molecule is C[Si](C)(O[Si](C)(C)[O][Ge]([CH3])([CH3])[CH3])[O][Ge]([CH3])([CH3])[CH3]. The minimum atomic E-state index is -2.02. The Labute approximate surface area is 116 Å². The first kappa shape index (κ1) is 18.4. The Morgan fingerprint density at radius 3 is 1.00 bits per heavy atom. The summed E-state index contributed by atoms with van der Waals surface area (Å²) in [6.07, 6.45) is 0. The van der Waals surface area contributed by atoms with E-state index < -0.39 is 44.3 Å². The molecule has 3 nitrogen and oxygen atoms in total. The number of hydrogen-bond acceptors (Lipinski definition) is 3. The maximum absolute atomic E-state index is 6.30. The van der Waals surface area contributed by atoms with Gasteiger partial charge in [0.25, 0.3) is 0 Å². The third-order valence-corrected chi connectivity index (χ3v) is 21.6. The molecule has 0 N–H and O–H groups in total. The summed E-state index contributed by atoms with van der Waals surface area (Å²) >= 11 is -4.03. The van der Waals surface area contributed by atoms with Crippen LogP contribution in [0.2, 0.25) is 60.7 Å². The molecule has 0 saturated heterocycles. The third kappa shape index (κ3) is 11.0. The molecule has 0 aromatic rings.